The molecule has 0 fully saturated rings. The molecule has 1 heteroatoms. The number of rotatable bonds is 4. The first-order valence-corrected chi connectivity index (χ1v) is 6.64. The van der Waals surface area contributed by atoms with E-state index in [2.05, 4.69) is 37.3 Å². The molecule has 0 amide bonds. The van der Waals surface area contributed by atoms with Crippen molar-refractivity contribution in [1.29, 1.82) is 0 Å². The fourth-order valence-electron chi connectivity index (χ4n) is 1.64. The van der Waals surface area contributed by atoms with Gasteiger partial charge >= 0.3 is 0 Å². The van der Waals surface area contributed by atoms with E-state index in [4.69, 9.17) is 5.73 Å². The van der Waals surface area contributed by atoms with Gasteiger partial charge in [-0.25, -0.2) is 0 Å². The van der Waals surface area contributed by atoms with Gasteiger partial charge < -0.3 is 5.73 Å². The lowest BCUT2D eigenvalue weighted by Crippen LogP contribution is -1.94. The standard InChI is InChI=1S/C10H14.C7H9N/c1-2-3-7-10-8-5-4-6-9-10;8-6-7-4-2-1-3-5-7/h4-6,8-9H,2-3,7H2,1H3;1-5H,6,8H2. The second kappa shape index (κ2) is 9.43. The van der Waals surface area contributed by atoms with Crippen LogP contribution in [-0.2, 0) is 13.0 Å². The van der Waals surface area contributed by atoms with Crippen LogP contribution in [0.4, 0.5) is 0 Å². The zero-order chi connectivity index (χ0) is 13.1. The molecule has 0 saturated carbocycles. The highest BCUT2D eigenvalue weighted by atomic mass is 14.5. The van der Waals surface area contributed by atoms with Gasteiger partial charge in [0, 0.05) is 6.54 Å². The third-order valence-corrected chi connectivity index (χ3v) is 2.74. The number of nitrogens with two attached hydrogens (primary N) is 1. The van der Waals surface area contributed by atoms with Crippen molar-refractivity contribution in [3.05, 3.63) is 71.8 Å². The molecule has 0 radical (unpaired) electrons. The van der Waals surface area contributed by atoms with Crippen LogP contribution in [-0.4, -0.2) is 0 Å². The highest BCUT2D eigenvalue weighted by molar-refractivity contribution is 5.14. The van der Waals surface area contributed by atoms with Crippen molar-refractivity contribution in [1.82, 2.24) is 0 Å². The Morgan fingerprint density at radius 1 is 0.778 bits per heavy atom. The van der Waals surface area contributed by atoms with Crippen molar-refractivity contribution in [2.24, 2.45) is 5.73 Å². The average molecular weight is 241 g/mol. The topological polar surface area (TPSA) is 26.0 Å². The summed E-state index contributed by atoms with van der Waals surface area (Å²) in [7, 11) is 0. The number of unbranched alkanes of at least 4 members (excludes halogenated alkanes) is 1. The SMILES string of the molecule is CCCCc1ccccc1.NCc1ccccc1. The summed E-state index contributed by atoms with van der Waals surface area (Å²) in [6, 6.07) is 20.6. The lowest BCUT2D eigenvalue weighted by Gasteiger charge is -1.96. The van der Waals surface area contributed by atoms with E-state index in [9.17, 15) is 0 Å². The maximum Gasteiger partial charge on any atom is 0.0178 e. The highest BCUT2D eigenvalue weighted by Crippen LogP contribution is 2.03. The van der Waals surface area contributed by atoms with Gasteiger partial charge in [0.15, 0.2) is 0 Å². The van der Waals surface area contributed by atoms with Gasteiger partial charge in [0.05, 0.1) is 0 Å². The van der Waals surface area contributed by atoms with E-state index in [1.54, 1.807) is 0 Å². The molecule has 2 aromatic rings. The molecule has 0 aliphatic heterocycles. The average Bonchev–Trinajstić information content (AvgIpc) is 2.48. The molecule has 2 rings (SSSR count). The second-order valence-electron chi connectivity index (χ2n) is 4.28. The minimum atomic E-state index is 0.640. The van der Waals surface area contributed by atoms with Crippen LogP contribution in [0, 0.1) is 0 Å². The summed E-state index contributed by atoms with van der Waals surface area (Å²) in [5.41, 5.74) is 8.00. The molecule has 18 heavy (non-hydrogen) atoms. The first-order valence-electron chi connectivity index (χ1n) is 6.64. The van der Waals surface area contributed by atoms with Crippen molar-refractivity contribution < 1.29 is 0 Å². The van der Waals surface area contributed by atoms with Gasteiger partial charge in [-0.1, -0.05) is 74.0 Å². The molecular formula is C17H23N. The lowest BCUT2D eigenvalue weighted by molar-refractivity contribution is 0.795. The molecule has 0 heterocycles. The summed E-state index contributed by atoms with van der Waals surface area (Å²) in [5.74, 6) is 0. The Labute approximate surface area is 111 Å². The van der Waals surface area contributed by atoms with Crippen molar-refractivity contribution >= 4 is 0 Å². The number of hydrogen-bond acceptors (Lipinski definition) is 1. The van der Waals surface area contributed by atoms with Crippen molar-refractivity contribution in [3.8, 4) is 0 Å². The monoisotopic (exact) mass is 241 g/mol. The maximum atomic E-state index is 5.35. The predicted molar refractivity (Wildman–Crippen MR) is 79.4 cm³/mol. The highest BCUT2D eigenvalue weighted by Gasteiger charge is 1.87. The minimum absolute atomic E-state index is 0.640. The quantitative estimate of drug-likeness (QED) is 0.854. The number of benzene rings is 2. The van der Waals surface area contributed by atoms with Gasteiger partial charge in [-0.05, 0) is 24.0 Å². The van der Waals surface area contributed by atoms with Crippen LogP contribution in [0.1, 0.15) is 30.9 Å². The van der Waals surface area contributed by atoms with E-state index >= 15 is 0 Å². The minimum Gasteiger partial charge on any atom is -0.326 e. The van der Waals surface area contributed by atoms with Crippen molar-refractivity contribution in [2.75, 3.05) is 0 Å². The van der Waals surface area contributed by atoms with E-state index < -0.39 is 0 Å². The molecular weight excluding hydrogens is 218 g/mol. The molecule has 0 unspecified atom stereocenters. The van der Waals surface area contributed by atoms with Crippen LogP contribution in [0.3, 0.4) is 0 Å². The largest absolute Gasteiger partial charge is 0.326 e. The van der Waals surface area contributed by atoms with Crippen molar-refractivity contribution in [2.45, 2.75) is 32.7 Å². The second-order valence-corrected chi connectivity index (χ2v) is 4.28. The third kappa shape index (κ3) is 6.21. The van der Waals surface area contributed by atoms with Gasteiger partial charge in [-0.3, -0.25) is 0 Å². The van der Waals surface area contributed by atoms with E-state index in [1.165, 1.54) is 30.4 Å². The lowest BCUT2D eigenvalue weighted by atomic mass is 10.1. The zero-order valence-electron chi connectivity index (χ0n) is 11.2. The molecule has 0 atom stereocenters. The van der Waals surface area contributed by atoms with Gasteiger partial charge in [-0.15, -0.1) is 0 Å². The van der Waals surface area contributed by atoms with Crippen LogP contribution < -0.4 is 5.73 Å². The molecule has 0 bridgehead atoms. The first-order chi connectivity index (χ1) is 8.86. The van der Waals surface area contributed by atoms with Crippen LogP contribution in [0.25, 0.3) is 0 Å². The molecule has 0 spiro atoms. The molecule has 0 aliphatic rings. The Bertz CT molecular complexity index is 394. The Morgan fingerprint density at radius 3 is 1.67 bits per heavy atom. The molecule has 1 nitrogen and oxygen atoms in total. The van der Waals surface area contributed by atoms with E-state index in [1.807, 2.05) is 30.3 Å². The Kier molecular flexibility index (Phi) is 7.58. The van der Waals surface area contributed by atoms with Crippen LogP contribution in [0.5, 0.6) is 0 Å². The summed E-state index contributed by atoms with van der Waals surface area (Å²) in [6.45, 7) is 2.86. The molecule has 0 saturated heterocycles. The number of hydrogen-bond donors (Lipinski definition) is 1. The van der Waals surface area contributed by atoms with Gasteiger partial charge in [0.1, 0.15) is 0 Å². The summed E-state index contributed by atoms with van der Waals surface area (Å²) in [5, 5.41) is 0. The summed E-state index contributed by atoms with van der Waals surface area (Å²) < 4.78 is 0. The molecule has 96 valence electrons. The molecule has 0 aromatic heterocycles. The van der Waals surface area contributed by atoms with Gasteiger partial charge in [-0.2, -0.15) is 0 Å². The molecule has 2 aromatic carbocycles. The Balaban J connectivity index is 0.000000184. The zero-order valence-corrected chi connectivity index (χ0v) is 11.2. The first kappa shape index (κ1) is 14.5. The number of aryl methyl sites for hydroxylation is 1. The Morgan fingerprint density at radius 2 is 1.28 bits per heavy atom. The van der Waals surface area contributed by atoms with Crippen LogP contribution in [0.2, 0.25) is 0 Å². The normalized spacial score (nSPS) is 9.44. The third-order valence-electron chi connectivity index (χ3n) is 2.74. The Hall–Kier alpha value is -1.60. The summed E-state index contributed by atoms with van der Waals surface area (Å²) >= 11 is 0. The fraction of sp³-hybridized carbons (Fsp3) is 0.294. The smallest absolute Gasteiger partial charge is 0.0178 e. The van der Waals surface area contributed by atoms with Crippen molar-refractivity contribution in [3.63, 3.8) is 0 Å². The van der Waals surface area contributed by atoms with Gasteiger partial charge in [0.2, 0.25) is 0 Å². The van der Waals surface area contributed by atoms with E-state index in [0.717, 1.165) is 0 Å². The van der Waals surface area contributed by atoms with Crippen LogP contribution >= 0.6 is 0 Å². The maximum absolute atomic E-state index is 5.35. The summed E-state index contributed by atoms with van der Waals surface area (Å²) in [6.07, 6.45) is 3.83. The molecule has 0 aliphatic carbocycles. The van der Waals surface area contributed by atoms with E-state index in [-0.39, 0.29) is 0 Å². The predicted octanol–water partition coefficient (Wildman–Crippen LogP) is 4.17. The van der Waals surface area contributed by atoms with Gasteiger partial charge in [0.25, 0.3) is 0 Å². The van der Waals surface area contributed by atoms with E-state index in [0.29, 0.717) is 6.54 Å². The fourth-order valence-corrected chi connectivity index (χ4v) is 1.64. The summed E-state index contributed by atoms with van der Waals surface area (Å²) in [4.78, 5) is 0. The molecule has 2 N–H and O–H groups in total. The van der Waals surface area contributed by atoms with Crippen LogP contribution in [0.15, 0.2) is 60.7 Å².